The molecule has 1 amide bonds. The highest BCUT2D eigenvalue weighted by Gasteiger charge is 2.31. The molecule has 3 rings (SSSR count). The van der Waals surface area contributed by atoms with E-state index in [1.54, 1.807) is 0 Å². The summed E-state index contributed by atoms with van der Waals surface area (Å²) in [5.74, 6) is 2.15. The minimum Gasteiger partial charge on any atom is -0.356 e. The molecule has 0 aromatic carbocycles. The molecule has 3 fully saturated rings. The Kier molecular flexibility index (Phi) is 11.0. The van der Waals surface area contributed by atoms with Crippen molar-refractivity contribution >= 4 is 35.8 Å². The highest BCUT2D eigenvalue weighted by atomic mass is 127. The van der Waals surface area contributed by atoms with Gasteiger partial charge in [-0.25, -0.2) is 0 Å². The van der Waals surface area contributed by atoms with Crippen LogP contribution in [0.2, 0.25) is 0 Å². The maximum Gasteiger partial charge on any atom is 0.225 e. The molecule has 2 atom stereocenters. The summed E-state index contributed by atoms with van der Waals surface area (Å²) in [7, 11) is 1.84. The maximum absolute atomic E-state index is 12.8. The molecule has 0 aromatic rings. The third kappa shape index (κ3) is 7.89. The van der Waals surface area contributed by atoms with Crippen molar-refractivity contribution < 1.29 is 4.79 Å². The highest BCUT2D eigenvalue weighted by molar-refractivity contribution is 14.0. The van der Waals surface area contributed by atoms with Crippen molar-refractivity contribution in [2.45, 2.75) is 70.8 Å². The van der Waals surface area contributed by atoms with Crippen LogP contribution in [0.5, 0.6) is 0 Å². The smallest absolute Gasteiger partial charge is 0.225 e. The minimum absolute atomic E-state index is 0. The first-order chi connectivity index (χ1) is 13.7. The van der Waals surface area contributed by atoms with Crippen LogP contribution in [0.15, 0.2) is 4.99 Å². The van der Waals surface area contributed by atoms with E-state index in [2.05, 4.69) is 32.3 Å². The van der Waals surface area contributed by atoms with Gasteiger partial charge in [-0.3, -0.25) is 9.79 Å². The fourth-order valence-electron chi connectivity index (χ4n) is 4.99. The highest BCUT2D eigenvalue weighted by Crippen LogP contribution is 2.26. The summed E-state index contributed by atoms with van der Waals surface area (Å²) in [6.07, 6.45) is 11.0. The summed E-state index contributed by atoms with van der Waals surface area (Å²) < 4.78 is 0. The molecule has 2 unspecified atom stereocenters. The SMILES string of the molecule is CN=C(NCC(C)CN1CCCCC1)NC1CCN(C(=O)C2CCCCC2)C1.I. The van der Waals surface area contributed by atoms with Crippen molar-refractivity contribution in [3.8, 4) is 0 Å². The average Bonchev–Trinajstić information content (AvgIpc) is 3.20. The van der Waals surface area contributed by atoms with E-state index in [1.165, 1.54) is 51.6 Å². The van der Waals surface area contributed by atoms with Crippen LogP contribution in [0.4, 0.5) is 0 Å². The first kappa shape index (κ1) is 24.7. The Morgan fingerprint density at radius 3 is 2.41 bits per heavy atom. The van der Waals surface area contributed by atoms with Gasteiger partial charge in [0.2, 0.25) is 5.91 Å². The van der Waals surface area contributed by atoms with Crippen molar-refractivity contribution in [3.63, 3.8) is 0 Å². The number of piperidine rings is 1. The van der Waals surface area contributed by atoms with Crippen molar-refractivity contribution in [1.82, 2.24) is 20.4 Å². The molecule has 2 saturated heterocycles. The van der Waals surface area contributed by atoms with Crippen LogP contribution in [-0.2, 0) is 4.79 Å². The van der Waals surface area contributed by atoms with Gasteiger partial charge in [-0.05, 0) is 51.1 Å². The molecule has 7 heteroatoms. The summed E-state index contributed by atoms with van der Waals surface area (Å²) in [4.78, 5) is 21.8. The zero-order chi connectivity index (χ0) is 19.8. The fraction of sp³-hybridized carbons (Fsp3) is 0.909. The number of carbonyl (C=O) groups excluding carboxylic acids is 1. The number of nitrogens with one attached hydrogen (secondary N) is 2. The van der Waals surface area contributed by atoms with E-state index < -0.39 is 0 Å². The van der Waals surface area contributed by atoms with E-state index in [0.29, 0.717) is 17.9 Å². The second-order valence-corrected chi connectivity index (χ2v) is 9.17. The number of hydrogen-bond donors (Lipinski definition) is 2. The Morgan fingerprint density at radius 2 is 1.72 bits per heavy atom. The Hall–Kier alpha value is -0.570. The van der Waals surface area contributed by atoms with E-state index in [0.717, 1.165) is 51.4 Å². The lowest BCUT2D eigenvalue weighted by molar-refractivity contribution is -0.135. The van der Waals surface area contributed by atoms with E-state index in [-0.39, 0.29) is 29.9 Å². The first-order valence-electron chi connectivity index (χ1n) is 11.6. The molecule has 1 saturated carbocycles. The summed E-state index contributed by atoms with van der Waals surface area (Å²) in [5, 5.41) is 7.05. The zero-order valence-corrected chi connectivity index (χ0v) is 20.8. The number of nitrogens with zero attached hydrogens (tertiary/aromatic N) is 3. The van der Waals surface area contributed by atoms with E-state index in [4.69, 9.17) is 0 Å². The quantitative estimate of drug-likeness (QED) is 0.322. The van der Waals surface area contributed by atoms with E-state index in [9.17, 15) is 4.79 Å². The largest absolute Gasteiger partial charge is 0.356 e. The van der Waals surface area contributed by atoms with Gasteiger partial charge in [0.1, 0.15) is 0 Å². The van der Waals surface area contributed by atoms with Crippen molar-refractivity contribution in [2.24, 2.45) is 16.8 Å². The number of likely N-dealkylation sites (tertiary alicyclic amines) is 2. The zero-order valence-electron chi connectivity index (χ0n) is 18.5. The molecule has 2 heterocycles. The normalized spacial score (nSPS) is 25.4. The van der Waals surface area contributed by atoms with Gasteiger partial charge < -0.3 is 20.4 Å². The number of guanidine groups is 1. The molecule has 0 aromatic heterocycles. The first-order valence-corrected chi connectivity index (χ1v) is 11.6. The summed E-state index contributed by atoms with van der Waals surface area (Å²) in [5.41, 5.74) is 0. The van der Waals surface area contributed by atoms with Crippen molar-refractivity contribution in [2.75, 3.05) is 46.3 Å². The van der Waals surface area contributed by atoms with E-state index in [1.807, 2.05) is 7.05 Å². The number of carbonyl (C=O) groups is 1. The molecule has 0 bridgehead atoms. The Morgan fingerprint density at radius 1 is 1.03 bits per heavy atom. The number of hydrogen-bond acceptors (Lipinski definition) is 3. The molecule has 2 N–H and O–H groups in total. The number of amides is 1. The second-order valence-electron chi connectivity index (χ2n) is 9.17. The lowest BCUT2D eigenvalue weighted by Gasteiger charge is -2.29. The molecule has 1 aliphatic carbocycles. The van der Waals surface area contributed by atoms with Gasteiger partial charge in [0, 0.05) is 45.2 Å². The van der Waals surface area contributed by atoms with Gasteiger partial charge >= 0.3 is 0 Å². The maximum atomic E-state index is 12.8. The average molecular weight is 520 g/mol. The minimum atomic E-state index is 0. The number of aliphatic imine (C=N–C) groups is 1. The Labute approximate surface area is 194 Å². The van der Waals surface area contributed by atoms with Gasteiger partial charge in [0.05, 0.1) is 0 Å². The molecule has 3 aliphatic rings. The van der Waals surface area contributed by atoms with Crippen LogP contribution in [0.25, 0.3) is 0 Å². The van der Waals surface area contributed by atoms with Crippen LogP contribution in [0.1, 0.15) is 64.7 Å². The second kappa shape index (κ2) is 13.0. The Bertz CT molecular complexity index is 517. The number of rotatable bonds is 6. The van der Waals surface area contributed by atoms with Crippen molar-refractivity contribution in [3.05, 3.63) is 0 Å². The lowest BCUT2D eigenvalue weighted by atomic mass is 9.88. The van der Waals surface area contributed by atoms with Gasteiger partial charge in [0.25, 0.3) is 0 Å². The van der Waals surface area contributed by atoms with Crippen LogP contribution >= 0.6 is 24.0 Å². The summed E-state index contributed by atoms with van der Waals surface area (Å²) in [6.45, 7) is 8.63. The predicted octanol–water partition coefficient (Wildman–Crippen LogP) is 3.07. The summed E-state index contributed by atoms with van der Waals surface area (Å²) in [6, 6.07) is 0.316. The molecule has 0 radical (unpaired) electrons. The molecule has 29 heavy (non-hydrogen) atoms. The van der Waals surface area contributed by atoms with Gasteiger partial charge in [0.15, 0.2) is 5.96 Å². The molecule has 0 spiro atoms. The lowest BCUT2D eigenvalue weighted by Crippen LogP contribution is -2.47. The number of halogens is 1. The Balaban J connectivity index is 0.00000300. The monoisotopic (exact) mass is 519 g/mol. The van der Waals surface area contributed by atoms with Gasteiger partial charge in [-0.1, -0.05) is 32.6 Å². The molecule has 6 nitrogen and oxygen atoms in total. The summed E-state index contributed by atoms with van der Waals surface area (Å²) >= 11 is 0. The van der Waals surface area contributed by atoms with Crippen LogP contribution in [0.3, 0.4) is 0 Å². The predicted molar refractivity (Wildman–Crippen MR) is 131 cm³/mol. The molecule has 2 aliphatic heterocycles. The van der Waals surface area contributed by atoms with Gasteiger partial charge in [-0.15, -0.1) is 24.0 Å². The van der Waals surface area contributed by atoms with Crippen molar-refractivity contribution in [1.29, 1.82) is 0 Å². The standard InChI is InChI=1S/C22H41N5O.HI/c1-18(16-26-12-7-4-8-13-26)15-24-22(23-2)25-20-11-14-27(17-20)21(28)19-9-5-3-6-10-19;/h18-20H,3-17H2,1-2H3,(H2,23,24,25);1H. The molecular formula is C22H42IN5O. The van der Waals surface area contributed by atoms with Crippen LogP contribution in [0, 0.1) is 11.8 Å². The fourth-order valence-corrected chi connectivity index (χ4v) is 4.99. The van der Waals surface area contributed by atoms with E-state index >= 15 is 0 Å². The van der Waals surface area contributed by atoms with Crippen LogP contribution in [-0.4, -0.2) is 74.0 Å². The molecular weight excluding hydrogens is 477 g/mol. The molecule has 168 valence electrons. The third-order valence-electron chi connectivity index (χ3n) is 6.66. The topological polar surface area (TPSA) is 60.0 Å². The third-order valence-corrected chi connectivity index (χ3v) is 6.66. The van der Waals surface area contributed by atoms with Gasteiger partial charge in [-0.2, -0.15) is 0 Å². The van der Waals surface area contributed by atoms with Crippen LogP contribution < -0.4 is 10.6 Å².